The number of rotatable bonds is 6. The molecule has 2 heteroatoms. The van der Waals surface area contributed by atoms with Gasteiger partial charge in [0.2, 0.25) is 0 Å². The van der Waals surface area contributed by atoms with Crippen LogP contribution in [0, 0.1) is 11.8 Å². The number of fused-ring (bicyclic) bond motifs is 2. The van der Waals surface area contributed by atoms with Gasteiger partial charge in [0.1, 0.15) is 0 Å². The van der Waals surface area contributed by atoms with Crippen LogP contribution in [0.1, 0.15) is 33.1 Å². The first kappa shape index (κ1) is 16.8. The van der Waals surface area contributed by atoms with Crippen LogP contribution in [-0.2, 0) is 9.47 Å². The first-order valence-electron chi connectivity index (χ1n) is 7.56. The van der Waals surface area contributed by atoms with Crippen LogP contribution in [-0.4, -0.2) is 18.8 Å². The van der Waals surface area contributed by atoms with Crippen molar-refractivity contribution in [1.82, 2.24) is 0 Å². The average molecular weight is 276 g/mol. The SMILES string of the molecule is C=C(OCC)C1C2CCC(O2)C1CC.C=C/C=C\C=C. The Labute approximate surface area is 123 Å². The molecule has 0 N–H and O–H groups in total. The molecule has 2 aliphatic heterocycles. The van der Waals surface area contributed by atoms with Crippen LogP contribution in [0.4, 0.5) is 0 Å². The highest BCUT2D eigenvalue weighted by Crippen LogP contribution is 2.47. The molecule has 0 aromatic rings. The van der Waals surface area contributed by atoms with Crippen molar-refractivity contribution in [2.24, 2.45) is 11.8 Å². The van der Waals surface area contributed by atoms with Gasteiger partial charge < -0.3 is 9.47 Å². The summed E-state index contributed by atoms with van der Waals surface area (Å²) in [6, 6.07) is 0. The van der Waals surface area contributed by atoms with E-state index >= 15 is 0 Å². The molecule has 0 saturated carbocycles. The van der Waals surface area contributed by atoms with Gasteiger partial charge in [0.15, 0.2) is 0 Å². The van der Waals surface area contributed by atoms with E-state index in [4.69, 9.17) is 9.47 Å². The molecule has 112 valence electrons. The summed E-state index contributed by atoms with van der Waals surface area (Å²) < 4.78 is 11.5. The Kier molecular flexibility index (Phi) is 7.38. The van der Waals surface area contributed by atoms with Crippen LogP contribution in [0.15, 0.2) is 49.8 Å². The van der Waals surface area contributed by atoms with E-state index in [-0.39, 0.29) is 0 Å². The normalized spacial score (nSPS) is 30.7. The highest BCUT2D eigenvalue weighted by Gasteiger charge is 2.49. The molecule has 2 fully saturated rings. The van der Waals surface area contributed by atoms with Gasteiger partial charge in [-0.1, -0.05) is 57.4 Å². The summed E-state index contributed by atoms with van der Waals surface area (Å²) in [5.41, 5.74) is 0. The minimum absolute atomic E-state index is 0.393. The highest BCUT2D eigenvalue weighted by atomic mass is 16.5. The van der Waals surface area contributed by atoms with Crippen LogP contribution in [0.25, 0.3) is 0 Å². The molecule has 2 bridgehead atoms. The van der Waals surface area contributed by atoms with E-state index in [0.29, 0.717) is 24.0 Å². The predicted molar refractivity (Wildman–Crippen MR) is 85.5 cm³/mol. The maximum atomic E-state index is 5.92. The quantitative estimate of drug-likeness (QED) is 0.519. The van der Waals surface area contributed by atoms with Gasteiger partial charge in [-0.3, -0.25) is 0 Å². The summed E-state index contributed by atoms with van der Waals surface area (Å²) in [5, 5.41) is 0. The lowest BCUT2D eigenvalue weighted by molar-refractivity contribution is 0.0823. The molecule has 0 aliphatic carbocycles. The average Bonchev–Trinajstić information content (AvgIpc) is 3.06. The van der Waals surface area contributed by atoms with Crippen LogP contribution in [0.2, 0.25) is 0 Å². The fraction of sp³-hybridized carbons (Fsp3) is 0.556. The van der Waals surface area contributed by atoms with E-state index in [1.807, 2.05) is 19.1 Å². The Hall–Kier alpha value is -1.28. The minimum Gasteiger partial charge on any atom is -0.498 e. The monoisotopic (exact) mass is 276 g/mol. The summed E-state index contributed by atoms with van der Waals surface area (Å²) in [6.07, 6.45) is 11.6. The molecule has 4 unspecified atom stereocenters. The van der Waals surface area contributed by atoms with E-state index in [1.54, 1.807) is 12.2 Å². The zero-order valence-electron chi connectivity index (χ0n) is 12.9. The lowest BCUT2D eigenvalue weighted by Gasteiger charge is -2.28. The van der Waals surface area contributed by atoms with Crippen molar-refractivity contribution < 1.29 is 9.47 Å². The predicted octanol–water partition coefficient (Wildman–Crippen LogP) is 4.65. The summed E-state index contributed by atoms with van der Waals surface area (Å²) in [6.45, 7) is 15.9. The Morgan fingerprint density at radius 3 is 2.25 bits per heavy atom. The molecule has 0 amide bonds. The van der Waals surface area contributed by atoms with Crippen molar-refractivity contribution in [3.8, 4) is 0 Å². The van der Waals surface area contributed by atoms with Gasteiger partial charge >= 0.3 is 0 Å². The Bertz CT molecular complexity index is 346. The van der Waals surface area contributed by atoms with E-state index in [0.717, 1.165) is 12.4 Å². The smallest absolute Gasteiger partial charge is 0.0948 e. The minimum atomic E-state index is 0.393. The molecular weight excluding hydrogens is 248 g/mol. The molecule has 0 aromatic heterocycles. The lowest BCUT2D eigenvalue weighted by Crippen LogP contribution is -2.28. The molecule has 0 aromatic carbocycles. The first-order valence-corrected chi connectivity index (χ1v) is 7.56. The van der Waals surface area contributed by atoms with Crippen molar-refractivity contribution >= 4 is 0 Å². The number of ether oxygens (including phenoxy) is 2. The molecule has 2 nitrogen and oxygen atoms in total. The molecule has 2 heterocycles. The topological polar surface area (TPSA) is 18.5 Å². The summed E-state index contributed by atoms with van der Waals surface area (Å²) >= 11 is 0. The maximum absolute atomic E-state index is 5.92. The van der Waals surface area contributed by atoms with Gasteiger partial charge in [0.05, 0.1) is 24.6 Å². The molecule has 0 radical (unpaired) electrons. The van der Waals surface area contributed by atoms with Crippen LogP contribution >= 0.6 is 0 Å². The molecule has 20 heavy (non-hydrogen) atoms. The third-order valence-electron chi connectivity index (χ3n) is 3.98. The highest BCUT2D eigenvalue weighted by molar-refractivity contribution is 5.08. The summed E-state index contributed by atoms with van der Waals surface area (Å²) in [5.74, 6) is 2.05. The third-order valence-corrected chi connectivity index (χ3v) is 3.98. The van der Waals surface area contributed by atoms with Crippen molar-refractivity contribution in [2.45, 2.75) is 45.3 Å². The second-order valence-electron chi connectivity index (χ2n) is 5.14. The molecular formula is C18H28O2. The number of hydrogen-bond acceptors (Lipinski definition) is 2. The van der Waals surface area contributed by atoms with Gasteiger partial charge in [0.25, 0.3) is 0 Å². The molecule has 2 saturated heterocycles. The van der Waals surface area contributed by atoms with Crippen molar-refractivity contribution in [1.29, 1.82) is 0 Å². The summed E-state index contributed by atoms with van der Waals surface area (Å²) in [4.78, 5) is 0. The largest absolute Gasteiger partial charge is 0.498 e. The van der Waals surface area contributed by atoms with Gasteiger partial charge in [-0.2, -0.15) is 0 Å². The van der Waals surface area contributed by atoms with E-state index < -0.39 is 0 Å². The van der Waals surface area contributed by atoms with Crippen LogP contribution < -0.4 is 0 Å². The lowest BCUT2D eigenvalue weighted by atomic mass is 9.77. The second-order valence-corrected chi connectivity index (χ2v) is 5.14. The molecule has 4 atom stereocenters. The van der Waals surface area contributed by atoms with Crippen molar-refractivity contribution in [3.05, 3.63) is 49.8 Å². The maximum Gasteiger partial charge on any atom is 0.0948 e. The zero-order valence-corrected chi connectivity index (χ0v) is 12.9. The second kappa shape index (κ2) is 8.80. The zero-order chi connectivity index (χ0) is 15.0. The fourth-order valence-corrected chi connectivity index (χ4v) is 3.18. The third kappa shape index (κ3) is 4.11. The van der Waals surface area contributed by atoms with E-state index in [2.05, 4.69) is 26.7 Å². The van der Waals surface area contributed by atoms with Crippen molar-refractivity contribution in [2.75, 3.05) is 6.61 Å². The Balaban J connectivity index is 0.000000286. The molecule has 0 spiro atoms. The van der Waals surface area contributed by atoms with Crippen LogP contribution in [0.5, 0.6) is 0 Å². The van der Waals surface area contributed by atoms with Gasteiger partial charge in [-0.05, 0) is 25.7 Å². The van der Waals surface area contributed by atoms with E-state index in [9.17, 15) is 0 Å². The summed E-state index contributed by atoms with van der Waals surface area (Å²) in [7, 11) is 0. The standard InChI is InChI=1S/C12H20O2.C6H8/c1-4-9-10-6-7-11(14-10)12(9)8(3)13-5-2;1-3-5-6-4-2/h9-12H,3-7H2,1-2H3;3-6H,1-2H2/b;6-5-. The molecule has 2 rings (SSSR count). The van der Waals surface area contributed by atoms with Gasteiger partial charge in [0, 0.05) is 5.92 Å². The van der Waals surface area contributed by atoms with Gasteiger partial charge in [-0.25, -0.2) is 0 Å². The van der Waals surface area contributed by atoms with E-state index in [1.165, 1.54) is 19.3 Å². The number of allylic oxidation sites excluding steroid dienone is 4. The van der Waals surface area contributed by atoms with Crippen molar-refractivity contribution in [3.63, 3.8) is 0 Å². The fourth-order valence-electron chi connectivity index (χ4n) is 3.18. The number of hydrogen-bond donors (Lipinski definition) is 0. The van der Waals surface area contributed by atoms with Gasteiger partial charge in [-0.15, -0.1) is 0 Å². The molecule has 2 aliphatic rings. The Morgan fingerprint density at radius 1 is 1.15 bits per heavy atom. The Morgan fingerprint density at radius 2 is 1.75 bits per heavy atom. The van der Waals surface area contributed by atoms with Crippen LogP contribution in [0.3, 0.4) is 0 Å². The first-order chi connectivity index (χ1) is 9.69.